The Labute approximate surface area is 111 Å². The average Bonchev–Trinajstić information content (AvgIpc) is 2.81. The summed E-state index contributed by atoms with van der Waals surface area (Å²) >= 11 is 0. The molecule has 2 rings (SSSR count). The minimum absolute atomic E-state index is 0.0256. The molecule has 6 heteroatoms. The minimum atomic E-state index is -0.392. The lowest BCUT2D eigenvalue weighted by Crippen LogP contribution is -2.34. The predicted octanol–water partition coefficient (Wildman–Crippen LogP) is 1.52. The molecule has 1 aromatic carbocycles. The lowest BCUT2D eigenvalue weighted by Gasteiger charge is -2.21. The van der Waals surface area contributed by atoms with Crippen LogP contribution in [0.4, 0.5) is 5.69 Å². The molecule has 6 nitrogen and oxygen atoms in total. The molecule has 1 amide bonds. The van der Waals surface area contributed by atoms with Gasteiger partial charge in [-0.1, -0.05) is 19.1 Å². The molecule has 1 heterocycles. The smallest absolute Gasteiger partial charge is 0.269 e. The first-order valence-electron chi connectivity index (χ1n) is 6.37. The summed E-state index contributed by atoms with van der Waals surface area (Å²) < 4.78 is 0. The maximum atomic E-state index is 11.2. The molecule has 102 valence electrons. The number of nitro benzene ring substituents is 1. The molecule has 1 saturated heterocycles. The number of nitrogens with zero attached hydrogens (tertiary/aromatic N) is 1. The number of benzene rings is 1. The highest BCUT2D eigenvalue weighted by Crippen LogP contribution is 2.22. The van der Waals surface area contributed by atoms with Crippen LogP contribution in [-0.4, -0.2) is 23.4 Å². The van der Waals surface area contributed by atoms with E-state index in [4.69, 9.17) is 0 Å². The van der Waals surface area contributed by atoms with Gasteiger partial charge >= 0.3 is 0 Å². The molecule has 2 unspecified atom stereocenters. The number of carbonyl (C=O) groups excluding carboxylic acids is 1. The van der Waals surface area contributed by atoms with Crippen molar-refractivity contribution >= 4 is 11.6 Å². The molecule has 1 aliphatic heterocycles. The first-order chi connectivity index (χ1) is 9.10. The van der Waals surface area contributed by atoms with Crippen LogP contribution in [0.15, 0.2) is 24.3 Å². The summed E-state index contributed by atoms with van der Waals surface area (Å²) in [6, 6.07) is 6.76. The molecule has 1 aliphatic rings. The van der Waals surface area contributed by atoms with Crippen molar-refractivity contribution in [2.24, 2.45) is 0 Å². The van der Waals surface area contributed by atoms with E-state index in [1.54, 1.807) is 12.1 Å². The number of nitrogens with one attached hydrogen (secondary N) is 2. The lowest BCUT2D eigenvalue weighted by molar-refractivity contribution is -0.384. The van der Waals surface area contributed by atoms with E-state index in [1.807, 2.05) is 13.0 Å². The Kier molecular flexibility index (Phi) is 4.11. The fourth-order valence-corrected chi connectivity index (χ4v) is 2.31. The van der Waals surface area contributed by atoms with Crippen LogP contribution in [0.25, 0.3) is 0 Å². The average molecular weight is 263 g/mol. The van der Waals surface area contributed by atoms with E-state index in [2.05, 4.69) is 10.6 Å². The molecular weight excluding hydrogens is 246 g/mol. The lowest BCUT2D eigenvalue weighted by atomic mass is 10.0. The molecule has 0 saturated carbocycles. The maximum Gasteiger partial charge on any atom is 0.269 e. The van der Waals surface area contributed by atoms with Crippen LogP contribution >= 0.6 is 0 Å². The highest BCUT2D eigenvalue weighted by atomic mass is 16.6. The van der Waals surface area contributed by atoms with E-state index in [9.17, 15) is 14.9 Å². The Morgan fingerprint density at radius 3 is 2.95 bits per heavy atom. The van der Waals surface area contributed by atoms with Crippen LogP contribution in [-0.2, 0) is 4.79 Å². The van der Waals surface area contributed by atoms with Gasteiger partial charge in [0.1, 0.15) is 0 Å². The Bertz CT molecular complexity index is 490. The van der Waals surface area contributed by atoms with Crippen molar-refractivity contribution in [3.05, 3.63) is 39.9 Å². The third-order valence-corrected chi connectivity index (χ3v) is 3.31. The molecule has 0 aliphatic carbocycles. The summed E-state index contributed by atoms with van der Waals surface area (Å²) in [5.41, 5.74) is 0.981. The first kappa shape index (κ1) is 13.5. The first-order valence-corrected chi connectivity index (χ1v) is 6.37. The van der Waals surface area contributed by atoms with Crippen LogP contribution in [0.5, 0.6) is 0 Å². The van der Waals surface area contributed by atoms with E-state index in [-0.39, 0.29) is 23.7 Å². The molecule has 2 N–H and O–H groups in total. The minimum Gasteiger partial charge on any atom is -0.354 e. The van der Waals surface area contributed by atoms with Crippen LogP contribution in [0.3, 0.4) is 0 Å². The standard InChI is InChI=1S/C13H17N3O3/c1-2-12(15-10-7-13(17)14-8-10)9-4-3-5-11(6-9)16(18)19/h3-6,10,12,15H,2,7-8H2,1H3,(H,14,17). The van der Waals surface area contributed by atoms with E-state index >= 15 is 0 Å². The van der Waals surface area contributed by atoms with Gasteiger partial charge in [-0.25, -0.2) is 0 Å². The highest BCUT2D eigenvalue weighted by Gasteiger charge is 2.24. The van der Waals surface area contributed by atoms with Gasteiger partial charge in [0.05, 0.1) is 4.92 Å². The van der Waals surface area contributed by atoms with Gasteiger partial charge in [-0.3, -0.25) is 14.9 Å². The molecule has 2 atom stereocenters. The van der Waals surface area contributed by atoms with Crippen molar-refractivity contribution in [3.63, 3.8) is 0 Å². The van der Waals surface area contributed by atoms with Gasteiger partial charge in [-0.2, -0.15) is 0 Å². The Hall–Kier alpha value is -1.95. The van der Waals surface area contributed by atoms with Gasteiger partial charge in [-0.05, 0) is 12.0 Å². The molecule has 0 aromatic heterocycles. The summed E-state index contributed by atoms with van der Waals surface area (Å²) in [7, 11) is 0. The zero-order chi connectivity index (χ0) is 13.8. The molecule has 0 bridgehead atoms. The number of carbonyl (C=O) groups is 1. The van der Waals surface area contributed by atoms with E-state index in [0.717, 1.165) is 12.0 Å². The quantitative estimate of drug-likeness (QED) is 0.623. The molecule has 0 radical (unpaired) electrons. The zero-order valence-electron chi connectivity index (χ0n) is 10.8. The third-order valence-electron chi connectivity index (χ3n) is 3.31. The molecule has 1 aromatic rings. The number of hydrogen-bond acceptors (Lipinski definition) is 4. The normalized spacial score (nSPS) is 20.1. The van der Waals surface area contributed by atoms with Crippen LogP contribution in [0.1, 0.15) is 31.4 Å². The van der Waals surface area contributed by atoms with E-state index in [1.165, 1.54) is 6.07 Å². The zero-order valence-corrected chi connectivity index (χ0v) is 10.8. The van der Waals surface area contributed by atoms with Crippen LogP contribution < -0.4 is 10.6 Å². The van der Waals surface area contributed by atoms with Crippen molar-refractivity contribution in [1.82, 2.24) is 10.6 Å². The summed E-state index contributed by atoms with van der Waals surface area (Å²) in [5, 5.41) is 16.9. The maximum absolute atomic E-state index is 11.2. The van der Waals surface area contributed by atoms with Crippen LogP contribution in [0.2, 0.25) is 0 Å². The summed E-state index contributed by atoms with van der Waals surface area (Å²) in [5.74, 6) is 0.0476. The Balaban J connectivity index is 2.10. The molecule has 1 fully saturated rings. The van der Waals surface area contributed by atoms with E-state index < -0.39 is 4.92 Å². The number of hydrogen-bond donors (Lipinski definition) is 2. The van der Waals surface area contributed by atoms with Gasteiger partial charge in [0, 0.05) is 37.2 Å². The van der Waals surface area contributed by atoms with Gasteiger partial charge in [-0.15, -0.1) is 0 Å². The Morgan fingerprint density at radius 1 is 1.58 bits per heavy atom. The van der Waals surface area contributed by atoms with Crippen molar-refractivity contribution in [2.45, 2.75) is 31.8 Å². The van der Waals surface area contributed by atoms with Crippen molar-refractivity contribution in [2.75, 3.05) is 6.54 Å². The number of amides is 1. The SMILES string of the molecule is CCC(NC1CNC(=O)C1)c1cccc([N+](=O)[O-])c1. The molecule has 19 heavy (non-hydrogen) atoms. The van der Waals surface area contributed by atoms with Gasteiger partial charge in [0.2, 0.25) is 5.91 Å². The molecule has 0 spiro atoms. The fraction of sp³-hybridized carbons (Fsp3) is 0.462. The van der Waals surface area contributed by atoms with Gasteiger partial charge in [0.15, 0.2) is 0 Å². The highest BCUT2D eigenvalue weighted by molar-refractivity contribution is 5.78. The second kappa shape index (κ2) is 5.79. The second-order valence-corrected chi connectivity index (χ2v) is 4.68. The molecular formula is C13H17N3O3. The second-order valence-electron chi connectivity index (χ2n) is 4.68. The monoisotopic (exact) mass is 263 g/mol. The largest absolute Gasteiger partial charge is 0.354 e. The van der Waals surface area contributed by atoms with Crippen molar-refractivity contribution < 1.29 is 9.72 Å². The van der Waals surface area contributed by atoms with Gasteiger partial charge < -0.3 is 10.6 Å². The summed E-state index contributed by atoms with van der Waals surface area (Å²) in [6.07, 6.45) is 1.28. The fourth-order valence-electron chi connectivity index (χ4n) is 2.31. The van der Waals surface area contributed by atoms with E-state index in [0.29, 0.717) is 13.0 Å². The number of nitro groups is 1. The van der Waals surface area contributed by atoms with Gasteiger partial charge in [0.25, 0.3) is 5.69 Å². The topological polar surface area (TPSA) is 84.3 Å². The summed E-state index contributed by atoms with van der Waals surface area (Å²) in [6.45, 7) is 2.63. The third kappa shape index (κ3) is 3.29. The van der Waals surface area contributed by atoms with Crippen LogP contribution in [0, 0.1) is 10.1 Å². The number of non-ortho nitro benzene ring substituents is 1. The van der Waals surface area contributed by atoms with Crippen molar-refractivity contribution in [1.29, 1.82) is 0 Å². The Morgan fingerprint density at radius 2 is 2.37 bits per heavy atom. The summed E-state index contributed by atoms with van der Waals surface area (Å²) in [4.78, 5) is 21.6. The predicted molar refractivity (Wildman–Crippen MR) is 70.7 cm³/mol. The van der Waals surface area contributed by atoms with Crippen molar-refractivity contribution in [3.8, 4) is 0 Å². The number of rotatable bonds is 5.